The first-order chi connectivity index (χ1) is 14.3. The summed E-state index contributed by atoms with van der Waals surface area (Å²) < 4.78 is 47.2. The molecule has 0 saturated heterocycles. The third-order valence-corrected chi connectivity index (χ3v) is 4.94. The first-order valence-corrected chi connectivity index (χ1v) is 9.79. The van der Waals surface area contributed by atoms with Gasteiger partial charge in [-0.15, -0.1) is 0 Å². The summed E-state index contributed by atoms with van der Waals surface area (Å²) >= 11 is -2.47. The van der Waals surface area contributed by atoms with Crippen LogP contribution in [0.25, 0.3) is 0 Å². The summed E-state index contributed by atoms with van der Waals surface area (Å²) in [6.45, 7) is 1.88. The second kappa shape index (κ2) is 8.93. The topological polar surface area (TPSA) is 102 Å². The predicted molar refractivity (Wildman–Crippen MR) is 113 cm³/mol. The number of esters is 1. The summed E-state index contributed by atoms with van der Waals surface area (Å²) in [6, 6.07) is 15.1. The van der Waals surface area contributed by atoms with Gasteiger partial charge in [-0.25, -0.2) is 17.7 Å². The molecule has 0 radical (unpaired) electrons. The van der Waals surface area contributed by atoms with Crippen LogP contribution in [0.15, 0.2) is 60.7 Å². The van der Waals surface area contributed by atoms with Gasteiger partial charge in [0.05, 0.1) is 29.7 Å². The molecule has 7 nitrogen and oxygen atoms in total. The van der Waals surface area contributed by atoms with Gasteiger partial charge in [0.1, 0.15) is 17.3 Å². The standard InChI is InChI=1S/C21H19FN2O5S/c1-13-3-5-14(6-4-13)24(30(26)27)20-10-8-15(11-17(20)21(25)28-2)29-16-7-9-19(23)18(22)12-16/h3-12H,23H2,1-2H3,(H,26,27). The Bertz CT molecular complexity index is 1110. The van der Waals surface area contributed by atoms with Crippen LogP contribution in [-0.2, 0) is 16.0 Å². The molecule has 0 spiro atoms. The molecule has 3 aromatic carbocycles. The lowest BCUT2D eigenvalue weighted by Gasteiger charge is -2.23. The average molecular weight is 430 g/mol. The lowest BCUT2D eigenvalue weighted by molar-refractivity contribution is 0.0601. The van der Waals surface area contributed by atoms with E-state index >= 15 is 0 Å². The van der Waals surface area contributed by atoms with Crippen molar-refractivity contribution in [2.45, 2.75) is 6.92 Å². The molecule has 0 saturated carbocycles. The van der Waals surface area contributed by atoms with E-state index in [4.69, 9.17) is 15.2 Å². The maximum atomic E-state index is 13.7. The van der Waals surface area contributed by atoms with Gasteiger partial charge in [-0.2, -0.15) is 0 Å². The van der Waals surface area contributed by atoms with Gasteiger partial charge in [0.2, 0.25) is 0 Å². The maximum absolute atomic E-state index is 13.7. The highest BCUT2D eigenvalue weighted by Crippen LogP contribution is 2.34. The van der Waals surface area contributed by atoms with Gasteiger partial charge in [-0.1, -0.05) is 17.7 Å². The molecule has 0 aromatic heterocycles. The van der Waals surface area contributed by atoms with Crippen LogP contribution in [-0.4, -0.2) is 21.8 Å². The van der Waals surface area contributed by atoms with Crippen molar-refractivity contribution in [1.29, 1.82) is 0 Å². The van der Waals surface area contributed by atoms with Gasteiger partial charge in [0.25, 0.3) is 11.3 Å². The third kappa shape index (κ3) is 4.58. The van der Waals surface area contributed by atoms with Crippen LogP contribution >= 0.6 is 0 Å². The number of anilines is 3. The number of carbonyl (C=O) groups excluding carboxylic acids is 1. The minimum Gasteiger partial charge on any atom is -0.465 e. The summed E-state index contributed by atoms with van der Waals surface area (Å²) in [5.74, 6) is -0.998. The summed E-state index contributed by atoms with van der Waals surface area (Å²) in [5, 5.41) is 0. The second-order valence-corrected chi connectivity index (χ2v) is 7.14. The molecule has 0 heterocycles. The number of nitrogens with two attached hydrogens (primary N) is 1. The number of nitrogen functional groups attached to an aromatic ring is 1. The first kappa shape index (κ1) is 21.3. The molecule has 3 rings (SSSR count). The van der Waals surface area contributed by atoms with Crippen LogP contribution < -0.4 is 14.8 Å². The highest BCUT2D eigenvalue weighted by Gasteiger charge is 2.23. The van der Waals surface area contributed by atoms with E-state index in [-0.39, 0.29) is 28.4 Å². The van der Waals surface area contributed by atoms with Crippen molar-refractivity contribution in [3.63, 3.8) is 0 Å². The molecule has 0 bridgehead atoms. The molecular weight excluding hydrogens is 411 g/mol. The lowest BCUT2D eigenvalue weighted by atomic mass is 10.1. The van der Waals surface area contributed by atoms with Crippen molar-refractivity contribution in [3.8, 4) is 11.5 Å². The van der Waals surface area contributed by atoms with Gasteiger partial charge in [-0.3, -0.25) is 4.55 Å². The number of aryl methyl sites for hydroxylation is 1. The molecule has 0 aliphatic heterocycles. The molecule has 3 aromatic rings. The molecule has 0 fully saturated rings. The zero-order valence-electron chi connectivity index (χ0n) is 16.2. The van der Waals surface area contributed by atoms with Crippen molar-refractivity contribution in [3.05, 3.63) is 77.6 Å². The van der Waals surface area contributed by atoms with Gasteiger partial charge in [0.15, 0.2) is 0 Å². The van der Waals surface area contributed by atoms with Crippen molar-refractivity contribution >= 4 is 34.3 Å². The number of nitrogens with zero attached hydrogens (tertiary/aromatic N) is 1. The van der Waals surface area contributed by atoms with E-state index in [0.717, 1.165) is 15.9 Å². The van der Waals surface area contributed by atoms with Crippen molar-refractivity contribution < 1.29 is 27.4 Å². The Morgan fingerprint density at radius 3 is 2.30 bits per heavy atom. The lowest BCUT2D eigenvalue weighted by Crippen LogP contribution is -2.22. The number of ether oxygens (including phenoxy) is 2. The predicted octanol–water partition coefficient (Wildman–Crippen LogP) is 4.57. The molecular formula is C21H19FN2O5S. The van der Waals surface area contributed by atoms with E-state index in [0.29, 0.717) is 5.69 Å². The number of methoxy groups -OCH3 is 1. The van der Waals surface area contributed by atoms with Crippen LogP contribution in [0.1, 0.15) is 15.9 Å². The average Bonchev–Trinajstić information content (AvgIpc) is 2.72. The van der Waals surface area contributed by atoms with E-state index in [1.54, 1.807) is 24.3 Å². The van der Waals surface area contributed by atoms with E-state index < -0.39 is 23.1 Å². The summed E-state index contributed by atoms with van der Waals surface area (Å²) in [5.41, 5.74) is 6.95. The van der Waals surface area contributed by atoms with Gasteiger partial charge >= 0.3 is 5.97 Å². The van der Waals surface area contributed by atoms with Crippen molar-refractivity contribution in [2.75, 3.05) is 17.1 Å². The highest BCUT2D eigenvalue weighted by molar-refractivity contribution is 7.81. The minimum absolute atomic E-state index is 0.00566. The van der Waals surface area contributed by atoms with E-state index in [1.807, 2.05) is 6.92 Å². The third-order valence-electron chi connectivity index (χ3n) is 4.22. The number of hydrogen-bond donors (Lipinski definition) is 2. The molecule has 1 unspecified atom stereocenters. The Morgan fingerprint density at radius 2 is 1.70 bits per heavy atom. The summed E-state index contributed by atoms with van der Waals surface area (Å²) in [4.78, 5) is 12.4. The zero-order valence-corrected chi connectivity index (χ0v) is 17.0. The molecule has 3 N–H and O–H groups in total. The quantitative estimate of drug-likeness (QED) is 0.337. The second-order valence-electron chi connectivity index (χ2n) is 6.32. The fraction of sp³-hybridized carbons (Fsp3) is 0.0952. The largest absolute Gasteiger partial charge is 0.465 e. The molecule has 156 valence electrons. The maximum Gasteiger partial charge on any atom is 0.340 e. The number of benzene rings is 3. The molecule has 0 aliphatic carbocycles. The van der Waals surface area contributed by atoms with Crippen LogP contribution in [0.3, 0.4) is 0 Å². The molecule has 30 heavy (non-hydrogen) atoms. The molecule has 1 atom stereocenters. The SMILES string of the molecule is COC(=O)c1cc(Oc2ccc(N)c(F)c2)ccc1N(c1ccc(C)cc1)S(=O)O. The van der Waals surface area contributed by atoms with Gasteiger partial charge < -0.3 is 15.2 Å². The van der Waals surface area contributed by atoms with Gasteiger partial charge in [-0.05, 0) is 49.4 Å². The monoisotopic (exact) mass is 430 g/mol. The molecule has 9 heteroatoms. The van der Waals surface area contributed by atoms with Gasteiger partial charge in [0, 0.05) is 6.07 Å². The Morgan fingerprint density at radius 1 is 1.07 bits per heavy atom. The summed E-state index contributed by atoms with van der Waals surface area (Å²) in [7, 11) is 1.20. The van der Waals surface area contributed by atoms with Crippen LogP contribution in [0.2, 0.25) is 0 Å². The zero-order chi connectivity index (χ0) is 21.8. The van der Waals surface area contributed by atoms with Crippen LogP contribution in [0.5, 0.6) is 11.5 Å². The summed E-state index contributed by atoms with van der Waals surface area (Å²) in [6.07, 6.45) is 0. The molecule has 0 aliphatic rings. The van der Waals surface area contributed by atoms with Crippen molar-refractivity contribution in [2.24, 2.45) is 0 Å². The van der Waals surface area contributed by atoms with Crippen molar-refractivity contribution in [1.82, 2.24) is 0 Å². The highest BCUT2D eigenvalue weighted by atomic mass is 32.2. The fourth-order valence-corrected chi connectivity index (χ4v) is 3.36. The number of rotatable bonds is 6. The number of halogens is 1. The van der Waals surface area contributed by atoms with Crippen LogP contribution in [0, 0.1) is 12.7 Å². The number of carbonyl (C=O) groups is 1. The Hall–Kier alpha value is -3.43. The fourth-order valence-electron chi connectivity index (χ4n) is 2.73. The smallest absolute Gasteiger partial charge is 0.340 e. The van der Waals surface area contributed by atoms with E-state index in [1.165, 1.54) is 37.4 Å². The Kier molecular flexibility index (Phi) is 6.34. The Labute approximate surface area is 175 Å². The van der Waals surface area contributed by atoms with E-state index in [2.05, 4.69) is 0 Å². The van der Waals surface area contributed by atoms with E-state index in [9.17, 15) is 17.9 Å². The molecule has 0 amide bonds. The number of hydrogen-bond acceptors (Lipinski definition) is 5. The Balaban J connectivity index is 2.05. The normalized spacial score (nSPS) is 11.6. The first-order valence-electron chi connectivity index (χ1n) is 8.73. The minimum atomic E-state index is -2.47. The van der Waals surface area contributed by atoms with Crippen LogP contribution in [0.4, 0.5) is 21.5 Å².